The van der Waals surface area contributed by atoms with Gasteiger partial charge < -0.3 is 15.3 Å². The summed E-state index contributed by atoms with van der Waals surface area (Å²) in [6.07, 6.45) is 16.8. The average Bonchev–Trinajstić information content (AvgIpc) is 3.05. The van der Waals surface area contributed by atoms with Crippen LogP contribution in [-0.4, -0.2) is 33.1 Å². The molecule has 0 aromatic carbocycles. The van der Waals surface area contributed by atoms with E-state index < -0.39 is 17.8 Å². The number of rotatable bonds is 8. The van der Waals surface area contributed by atoms with Crippen molar-refractivity contribution in [3.05, 3.63) is 23.3 Å². The van der Waals surface area contributed by atoms with Crippen LogP contribution >= 0.6 is 0 Å². The second-order valence-electron chi connectivity index (χ2n) is 12.3. The van der Waals surface area contributed by atoms with Crippen LogP contribution in [0.25, 0.3) is 0 Å². The average molecular weight is 447 g/mol. The van der Waals surface area contributed by atoms with Gasteiger partial charge in [-0.3, -0.25) is 0 Å². The molecule has 0 saturated heterocycles. The van der Waals surface area contributed by atoms with Crippen LogP contribution in [0.2, 0.25) is 0 Å². The molecule has 3 saturated carbocycles. The summed E-state index contributed by atoms with van der Waals surface area (Å²) in [7, 11) is 0. The van der Waals surface area contributed by atoms with Gasteiger partial charge in [-0.1, -0.05) is 63.3 Å². The normalized spacial score (nSPS) is 38.1. The summed E-state index contributed by atoms with van der Waals surface area (Å²) in [5, 5.41) is 31.2. The first-order valence-corrected chi connectivity index (χ1v) is 13.5. The summed E-state index contributed by atoms with van der Waals surface area (Å²) in [5.41, 5.74) is 2.67. The van der Waals surface area contributed by atoms with Gasteiger partial charge >= 0.3 is 0 Å². The molecular weight excluding hydrogens is 396 g/mol. The molecule has 0 bridgehead atoms. The Hall–Kier alpha value is -0.640. The Morgan fingerprint density at radius 3 is 2.44 bits per heavy atom. The van der Waals surface area contributed by atoms with Gasteiger partial charge in [-0.25, -0.2) is 0 Å². The first kappa shape index (κ1) is 26.0. The van der Waals surface area contributed by atoms with Crippen LogP contribution in [-0.2, 0) is 0 Å². The minimum Gasteiger partial charge on any atom is -0.392 e. The second-order valence-corrected chi connectivity index (χ2v) is 12.3. The number of aliphatic hydroxyl groups is 3. The Kier molecular flexibility index (Phi) is 8.72. The maximum Gasteiger partial charge on any atom is 0.0630 e. The molecule has 3 fully saturated rings. The molecular formula is C29H50O3. The molecule has 0 aromatic rings. The lowest BCUT2D eigenvalue weighted by atomic mass is 9.60. The molecule has 3 N–H and O–H groups in total. The highest BCUT2D eigenvalue weighted by Crippen LogP contribution is 2.60. The van der Waals surface area contributed by atoms with Crippen molar-refractivity contribution in [1.82, 2.24) is 0 Å². The number of allylic oxidation sites excluding steroid dienone is 3. The Balaban J connectivity index is 1.65. The minimum atomic E-state index is -0.549. The number of hydrogen-bond acceptors (Lipinski definition) is 3. The molecule has 0 radical (unpaired) electrons. The second kappa shape index (κ2) is 10.7. The lowest BCUT2D eigenvalue weighted by Crippen LogP contribution is -2.37. The van der Waals surface area contributed by atoms with E-state index in [2.05, 4.69) is 32.9 Å². The molecule has 0 spiro atoms. The SMILES string of the molecule is CCCC1[C@H](O)CC(=C/C=C2\CCC[C@]3(C)[C@@H]([C@H](C)CCCC(C)(C)O)CC[C@@H]23)C[C@H]1O. The molecule has 0 aromatic heterocycles. The van der Waals surface area contributed by atoms with E-state index in [0.717, 1.165) is 31.6 Å². The van der Waals surface area contributed by atoms with E-state index >= 15 is 0 Å². The first-order valence-electron chi connectivity index (χ1n) is 13.5. The fourth-order valence-electron chi connectivity index (χ4n) is 7.53. The maximum absolute atomic E-state index is 10.5. The maximum atomic E-state index is 10.5. The van der Waals surface area contributed by atoms with Gasteiger partial charge in [0.15, 0.2) is 0 Å². The largest absolute Gasteiger partial charge is 0.392 e. The highest BCUT2D eigenvalue weighted by atomic mass is 16.3. The van der Waals surface area contributed by atoms with Crippen molar-refractivity contribution in [3.63, 3.8) is 0 Å². The molecule has 3 nitrogen and oxygen atoms in total. The third-order valence-electron chi connectivity index (χ3n) is 9.26. The first-order chi connectivity index (χ1) is 15.0. The zero-order chi connectivity index (χ0) is 23.5. The van der Waals surface area contributed by atoms with Gasteiger partial charge in [0, 0.05) is 5.92 Å². The standard InChI is InChI=1S/C29H50O3/c1-6-9-23-26(30)18-21(19-27(23)31)12-13-22-11-8-17-29(5)24(14-15-25(22)29)20(2)10-7-16-28(3,4)32/h12-13,20,23-27,30-32H,6-11,14-19H2,1-5H3/b21-12?,22-13+/t20-,23?,24-,25+,26-,27-,29-/m1/s1. The molecule has 3 rings (SSSR count). The van der Waals surface area contributed by atoms with Crippen LogP contribution in [0.5, 0.6) is 0 Å². The van der Waals surface area contributed by atoms with Crippen molar-refractivity contribution in [3.8, 4) is 0 Å². The van der Waals surface area contributed by atoms with Crippen molar-refractivity contribution in [1.29, 1.82) is 0 Å². The molecule has 184 valence electrons. The summed E-state index contributed by atoms with van der Waals surface area (Å²) in [6, 6.07) is 0. The van der Waals surface area contributed by atoms with Gasteiger partial charge in [0.05, 0.1) is 17.8 Å². The topological polar surface area (TPSA) is 60.7 Å². The highest BCUT2D eigenvalue weighted by Gasteiger charge is 2.50. The van der Waals surface area contributed by atoms with Crippen LogP contribution < -0.4 is 0 Å². The fraction of sp³-hybridized carbons (Fsp3) is 0.862. The predicted octanol–water partition coefficient (Wildman–Crippen LogP) is 6.56. The Labute approximate surface area is 197 Å². The van der Waals surface area contributed by atoms with E-state index in [1.165, 1.54) is 44.1 Å². The van der Waals surface area contributed by atoms with E-state index in [9.17, 15) is 15.3 Å². The van der Waals surface area contributed by atoms with Crippen molar-refractivity contribution < 1.29 is 15.3 Å². The summed E-state index contributed by atoms with van der Waals surface area (Å²) in [4.78, 5) is 0. The van der Waals surface area contributed by atoms with Gasteiger partial charge in [-0.15, -0.1) is 0 Å². The smallest absolute Gasteiger partial charge is 0.0630 e. The third-order valence-corrected chi connectivity index (χ3v) is 9.26. The van der Waals surface area contributed by atoms with Gasteiger partial charge in [0.2, 0.25) is 0 Å². The lowest BCUT2D eigenvalue weighted by molar-refractivity contribution is -0.00966. The van der Waals surface area contributed by atoms with Crippen LogP contribution in [0.1, 0.15) is 112 Å². The molecule has 32 heavy (non-hydrogen) atoms. The molecule has 3 aliphatic rings. The molecule has 3 aliphatic carbocycles. The van der Waals surface area contributed by atoms with E-state index in [1.807, 2.05) is 13.8 Å². The predicted molar refractivity (Wildman–Crippen MR) is 133 cm³/mol. The zero-order valence-corrected chi connectivity index (χ0v) is 21.4. The molecule has 0 amide bonds. The van der Waals surface area contributed by atoms with Crippen molar-refractivity contribution in [2.45, 2.75) is 129 Å². The van der Waals surface area contributed by atoms with Crippen LogP contribution in [0, 0.1) is 29.1 Å². The van der Waals surface area contributed by atoms with Gasteiger partial charge in [0.1, 0.15) is 0 Å². The van der Waals surface area contributed by atoms with Crippen LogP contribution in [0.4, 0.5) is 0 Å². The van der Waals surface area contributed by atoms with Crippen molar-refractivity contribution in [2.75, 3.05) is 0 Å². The fourth-order valence-corrected chi connectivity index (χ4v) is 7.53. The summed E-state index contributed by atoms with van der Waals surface area (Å²) >= 11 is 0. The molecule has 0 heterocycles. The van der Waals surface area contributed by atoms with Crippen molar-refractivity contribution >= 4 is 0 Å². The Bertz CT molecular complexity index is 658. The van der Waals surface area contributed by atoms with E-state index in [0.29, 0.717) is 30.1 Å². The molecule has 3 heteroatoms. The quantitative estimate of drug-likeness (QED) is 0.395. The van der Waals surface area contributed by atoms with Crippen LogP contribution in [0.15, 0.2) is 23.3 Å². The third kappa shape index (κ3) is 6.07. The van der Waals surface area contributed by atoms with Crippen molar-refractivity contribution in [2.24, 2.45) is 29.1 Å². The van der Waals surface area contributed by atoms with Gasteiger partial charge in [0.25, 0.3) is 0 Å². The van der Waals surface area contributed by atoms with Gasteiger partial charge in [-0.05, 0) is 94.8 Å². The minimum absolute atomic E-state index is 0.0382. The number of fused-ring (bicyclic) bond motifs is 1. The number of aliphatic hydroxyl groups excluding tert-OH is 2. The van der Waals surface area contributed by atoms with E-state index in [1.54, 1.807) is 5.57 Å². The summed E-state index contributed by atoms with van der Waals surface area (Å²) in [5.74, 6) is 2.21. The Morgan fingerprint density at radius 2 is 1.81 bits per heavy atom. The monoisotopic (exact) mass is 446 g/mol. The molecule has 0 aliphatic heterocycles. The van der Waals surface area contributed by atoms with Crippen LogP contribution in [0.3, 0.4) is 0 Å². The lowest BCUT2D eigenvalue weighted by Gasteiger charge is -2.44. The zero-order valence-electron chi connectivity index (χ0n) is 21.4. The highest BCUT2D eigenvalue weighted by molar-refractivity contribution is 5.26. The van der Waals surface area contributed by atoms with Gasteiger partial charge in [-0.2, -0.15) is 0 Å². The summed E-state index contributed by atoms with van der Waals surface area (Å²) in [6.45, 7) is 11.0. The molecule has 0 unspecified atom stereocenters. The number of hydrogen-bond donors (Lipinski definition) is 3. The Morgan fingerprint density at radius 1 is 1.12 bits per heavy atom. The summed E-state index contributed by atoms with van der Waals surface area (Å²) < 4.78 is 0. The molecule has 6 atom stereocenters. The van der Waals surface area contributed by atoms with E-state index in [-0.39, 0.29) is 5.92 Å². The van der Waals surface area contributed by atoms with E-state index in [4.69, 9.17) is 0 Å².